The van der Waals surface area contributed by atoms with Crippen LogP contribution < -0.4 is 10.6 Å². The van der Waals surface area contributed by atoms with Crippen LogP contribution in [0.3, 0.4) is 0 Å². The third kappa shape index (κ3) is 3.36. The molecule has 150 valence electrons. The van der Waals surface area contributed by atoms with E-state index in [1.807, 2.05) is 12.1 Å². The Labute approximate surface area is 172 Å². The average Bonchev–Trinajstić information content (AvgIpc) is 3.43. The summed E-state index contributed by atoms with van der Waals surface area (Å²) >= 11 is 0. The first kappa shape index (κ1) is 18.4. The minimum absolute atomic E-state index is 0.0196. The number of hydrogen-bond acceptors (Lipinski definition) is 3. The van der Waals surface area contributed by atoms with E-state index in [4.69, 9.17) is 4.74 Å². The molecule has 4 atom stereocenters. The zero-order valence-corrected chi connectivity index (χ0v) is 16.9. The van der Waals surface area contributed by atoms with Crippen LogP contribution in [0.2, 0.25) is 0 Å². The number of allylic oxidation sites excluding steroid dienone is 2. The van der Waals surface area contributed by atoms with Crippen LogP contribution in [0.4, 0.5) is 5.69 Å². The second kappa shape index (κ2) is 7.68. The fraction of sp³-hybridized carbons (Fsp3) is 0.400. The largest absolute Gasteiger partial charge is 0.377 e. The molecule has 2 N–H and O–H groups in total. The van der Waals surface area contributed by atoms with E-state index in [1.165, 1.54) is 16.7 Å². The molecule has 2 aromatic rings. The number of fused-ring (bicyclic) bond motifs is 3. The van der Waals surface area contributed by atoms with Crippen LogP contribution in [0, 0.1) is 12.8 Å². The SMILES string of the molecule is Cc1ccccc1C1Nc2c(C(=O)NCC3CCCO3)cccc2C2C=CCC21. The molecule has 0 aromatic heterocycles. The van der Waals surface area contributed by atoms with Crippen LogP contribution in [-0.4, -0.2) is 25.2 Å². The maximum atomic E-state index is 13.1. The zero-order valence-electron chi connectivity index (χ0n) is 16.9. The number of ether oxygens (including phenoxy) is 1. The van der Waals surface area contributed by atoms with Crippen LogP contribution in [0.5, 0.6) is 0 Å². The summed E-state index contributed by atoms with van der Waals surface area (Å²) in [7, 11) is 0. The summed E-state index contributed by atoms with van der Waals surface area (Å²) in [5.41, 5.74) is 5.57. The summed E-state index contributed by atoms with van der Waals surface area (Å²) in [6, 6.07) is 14.9. The van der Waals surface area contributed by atoms with Crippen molar-refractivity contribution >= 4 is 11.6 Å². The van der Waals surface area contributed by atoms with Crippen molar-refractivity contribution in [1.82, 2.24) is 5.32 Å². The number of para-hydroxylation sites is 1. The summed E-state index contributed by atoms with van der Waals surface area (Å²) in [6.45, 7) is 3.55. The molecular formula is C25H28N2O2. The number of benzene rings is 2. The molecule has 2 aliphatic heterocycles. The first-order valence-corrected chi connectivity index (χ1v) is 10.7. The minimum atomic E-state index is -0.0196. The highest BCUT2D eigenvalue weighted by molar-refractivity contribution is 6.00. The van der Waals surface area contributed by atoms with Gasteiger partial charge >= 0.3 is 0 Å². The number of rotatable bonds is 4. The maximum Gasteiger partial charge on any atom is 0.253 e. The molecule has 1 amide bonds. The third-order valence-electron chi connectivity index (χ3n) is 6.68. The number of nitrogens with one attached hydrogen (secondary N) is 2. The van der Waals surface area contributed by atoms with E-state index in [2.05, 4.69) is 60.0 Å². The van der Waals surface area contributed by atoms with Crippen LogP contribution in [-0.2, 0) is 4.74 Å². The lowest BCUT2D eigenvalue weighted by Gasteiger charge is -2.39. The summed E-state index contributed by atoms with van der Waals surface area (Å²) < 4.78 is 5.66. The smallest absolute Gasteiger partial charge is 0.253 e. The van der Waals surface area contributed by atoms with Gasteiger partial charge in [0.2, 0.25) is 0 Å². The van der Waals surface area contributed by atoms with Gasteiger partial charge in [-0.25, -0.2) is 0 Å². The Hall–Kier alpha value is -2.59. The predicted molar refractivity (Wildman–Crippen MR) is 115 cm³/mol. The molecule has 4 heteroatoms. The molecule has 29 heavy (non-hydrogen) atoms. The van der Waals surface area contributed by atoms with E-state index in [9.17, 15) is 4.79 Å². The molecule has 2 aromatic carbocycles. The third-order valence-corrected chi connectivity index (χ3v) is 6.68. The van der Waals surface area contributed by atoms with E-state index in [-0.39, 0.29) is 18.1 Å². The topological polar surface area (TPSA) is 50.4 Å². The molecule has 1 fully saturated rings. The van der Waals surface area contributed by atoms with Crippen molar-refractivity contribution in [2.75, 3.05) is 18.5 Å². The van der Waals surface area contributed by atoms with Gasteiger partial charge in [-0.15, -0.1) is 0 Å². The van der Waals surface area contributed by atoms with Crippen LogP contribution in [0.1, 0.15) is 58.3 Å². The van der Waals surface area contributed by atoms with Gasteiger partial charge in [-0.2, -0.15) is 0 Å². The molecule has 2 heterocycles. The van der Waals surface area contributed by atoms with E-state index in [0.29, 0.717) is 18.4 Å². The standard InChI is InChI=1S/C25H28N2O2/c1-16-7-2-3-9-18(16)23-20-11-4-10-19(20)21-12-5-13-22(24(21)27-23)25(28)26-15-17-8-6-14-29-17/h2-5,7,9-10,12-13,17,19-20,23,27H,6,8,11,14-15H2,1H3,(H,26,28). The monoisotopic (exact) mass is 388 g/mol. The predicted octanol–water partition coefficient (Wildman–Crippen LogP) is 4.73. The van der Waals surface area contributed by atoms with Gasteiger partial charge in [0.25, 0.3) is 5.91 Å². The van der Waals surface area contributed by atoms with Gasteiger partial charge in [0.1, 0.15) is 0 Å². The molecule has 1 aliphatic carbocycles. The van der Waals surface area contributed by atoms with E-state index < -0.39 is 0 Å². The summed E-state index contributed by atoms with van der Waals surface area (Å²) in [5.74, 6) is 0.810. The number of hydrogen-bond donors (Lipinski definition) is 2. The highest BCUT2D eigenvalue weighted by atomic mass is 16.5. The van der Waals surface area contributed by atoms with Crippen molar-refractivity contribution in [1.29, 1.82) is 0 Å². The van der Waals surface area contributed by atoms with Crippen molar-refractivity contribution in [2.45, 2.75) is 44.2 Å². The Morgan fingerprint density at radius 2 is 2.03 bits per heavy atom. The van der Waals surface area contributed by atoms with E-state index in [1.54, 1.807) is 0 Å². The average molecular weight is 389 g/mol. The fourth-order valence-electron chi connectivity index (χ4n) is 5.16. The van der Waals surface area contributed by atoms with Crippen LogP contribution >= 0.6 is 0 Å². The lowest BCUT2D eigenvalue weighted by Crippen LogP contribution is -2.34. The van der Waals surface area contributed by atoms with Crippen molar-refractivity contribution in [2.24, 2.45) is 5.92 Å². The van der Waals surface area contributed by atoms with Gasteiger partial charge < -0.3 is 15.4 Å². The lowest BCUT2D eigenvalue weighted by molar-refractivity contribution is 0.0858. The van der Waals surface area contributed by atoms with Gasteiger partial charge in [0, 0.05) is 19.1 Å². The second-order valence-electron chi connectivity index (χ2n) is 8.45. The highest BCUT2D eigenvalue weighted by Crippen LogP contribution is 2.51. The molecular weight excluding hydrogens is 360 g/mol. The first-order chi connectivity index (χ1) is 14.2. The number of amides is 1. The van der Waals surface area contributed by atoms with Crippen molar-refractivity contribution in [3.8, 4) is 0 Å². The van der Waals surface area contributed by atoms with Crippen molar-refractivity contribution < 1.29 is 9.53 Å². The molecule has 1 saturated heterocycles. The Bertz CT molecular complexity index is 946. The van der Waals surface area contributed by atoms with Gasteiger partial charge in [0.05, 0.1) is 23.4 Å². The molecule has 0 bridgehead atoms. The maximum absolute atomic E-state index is 13.1. The van der Waals surface area contributed by atoms with E-state index >= 15 is 0 Å². The molecule has 3 aliphatic rings. The van der Waals surface area contributed by atoms with Gasteiger partial charge in [0.15, 0.2) is 0 Å². The normalized spacial score (nSPS) is 27.2. The van der Waals surface area contributed by atoms with Gasteiger partial charge in [-0.05, 0) is 54.9 Å². The van der Waals surface area contributed by atoms with Gasteiger partial charge in [-0.1, -0.05) is 48.6 Å². The Kier molecular flexibility index (Phi) is 4.88. The van der Waals surface area contributed by atoms with Crippen LogP contribution in [0.15, 0.2) is 54.6 Å². The molecule has 0 saturated carbocycles. The number of aryl methyl sites for hydroxylation is 1. The second-order valence-corrected chi connectivity index (χ2v) is 8.45. The lowest BCUT2D eigenvalue weighted by atomic mass is 9.75. The van der Waals surface area contributed by atoms with Crippen molar-refractivity contribution in [3.63, 3.8) is 0 Å². The molecule has 0 radical (unpaired) electrons. The van der Waals surface area contributed by atoms with E-state index in [0.717, 1.165) is 37.1 Å². The van der Waals surface area contributed by atoms with Gasteiger partial charge in [-0.3, -0.25) is 4.79 Å². The molecule has 5 rings (SSSR count). The number of carbonyl (C=O) groups excluding carboxylic acids is 1. The number of anilines is 1. The Morgan fingerprint density at radius 1 is 1.17 bits per heavy atom. The molecule has 4 unspecified atom stereocenters. The summed E-state index contributed by atoms with van der Waals surface area (Å²) in [5, 5.41) is 6.87. The molecule has 0 spiro atoms. The summed E-state index contributed by atoms with van der Waals surface area (Å²) in [6.07, 6.45) is 7.93. The van der Waals surface area contributed by atoms with Crippen LogP contribution in [0.25, 0.3) is 0 Å². The first-order valence-electron chi connectivity index (χ1n) is 10.7. The molecule has 4 nitrogen and oxygen atoms in total. The number of carbonyl (C=O) groups is 1. The fourth-order valence-corrected chi connectivity index (χ4v) is 5.16. The Morgan fingerprint density at radius 3 is 2.86 bits per heavy atom. The highest BCUT2D eigenvalue weighted by Gasteiger charge is 2.39. The zero-order chi connectivity index (χ0) is 19.8. The minimum Gasteiger partial charge on any atom is -0.377 e. The quantitative estimate of drug-likeness (QED) is 0.745. The Balaban J connectivity index is 1.47. The van der Waals surface area contributed by atoms with Crippen molar-refractivity contribution in [3.05, 3.63) is 76.9 Å². The summed E-state index contributed by atoms with van der Waals surface area (Å²) in [4.78, 5) is 13.1.